The standard InChI is InChI=1S/C21H23N3O6/c1-5-22-20(26)13(2)30-21(27)16-9-7-6-8-15(16)19(25)14-10-11-17(23(3)4)18(12-14)24(28)29/h6-13H,5H2,1-4H3,(H,22,26)/t13-/m0/s1. The van der Waals surface area contributed by atoms with Crippen molar-refractivity contribution in [2.45, 2.75) is 20.0 Å². The maximum atomic E-state index is 13.0. The lowest BCUT2D eigenvalue weighted by Crippen LogP contribution is -2.35. The number of esters is 1. The summed E-state index contributed by atoms with van der Waals surface area (Å²) in [6.07, 6.45) is -1.04. The molecule has 2 rings (SSSR count). The van der Waals surface area contributed by atoms with Crippen molar-refractivity contribution in [3.8, 4) is 0 Å². The van der Waals surface area contributed by atoms with E-state index in [1.807, 2.05) is 0 Å². The lowest BCUT2D eigenvalue weighted by Gasteiger charge is -2.15. The van der Waals surface area contributed by atoms with Gasteiger partial charge in [0.15, 0.2) is 11.9 Å². The second kappa shape index (κ2) is 9.64. The summed E-state index contributed by atoms with van der Waals surface area (Å²) in [6, 6.07) is 10.1. The Kier molecular flexibility index (Phi) is 7.24. The fraction of sp³-hybridized carbons (Fsp3) is 0.286. The van der Waals surface area contributed by atoms with Crippen molar-refractivity contribution >= 4 is 29.0 Å². The third-order valence-corrected chi connectivity index (χ3v) is 4.31. The van der Waals surface area contributed by atoms with Crippen molar-refractivity contribution in [2.75, 3.05) is 25.5 Å². The van der Waals surface area contributed by atoms with E-state index in [1.54, 1.807) is 38.1 Å². The summed E-state index contributed by atoms with van der Waals surface area (Å²) in [7, 11) is 3.32. The lowest BCUT2D eigenvalue weighted by molar-refractivity contribution is -0.384. The number of nitrogens with zero attached hydrogens (tertiary/aromatic N) is 2. The Morgan fingerprint density at radius 2 is 1.77 bits per heavy atom. The van der Waals surface area contributed by atoms with E-state index < -0.39 is 28.7 Å². The first-order valence-electron chi connectivity index (χ1n) is 9.25. The van der Waals surface area contributed by atoms with Crippen molar-refractivity contribution in [3.63, 3.8) is 0 Å². The Labute approximate surface area is 173 Å². The smallest absolute Gasteiger partial charge is 0.339 e. The zero-order valence-electron chi connectivity index (χ0n) is 17.2. The SMILES string of the molecule is CCNC(=O)[C@H](C)OC(=O)c1ccccc1C(=O)c1ccc(N(C)C)c([N+](=O)[O-])c1. The molecule has 30 heavy (non-hydrogen) atoms. The molecule has 9 nitrogen and oxygen atoms in total. The molecule has 2 aromatic carbocycles. The van der Waals surface area contributed by atoms with Crippen LogP contribution in [0.4, 0.5) is 11.4 Å². The highest BCUT2D eigenvalue weighted by Crippen LogP contribution is 2.29. The van der Waals surface area contributed by atoms with Crippen LogP contribution in [0.25, 0.3) is 0 Å². The first-order chi connectivity index (χ1) is 14.2. The minimum Gasteiger partial charge on any atom is -0.449 e. The van der Waals surface area contributed by atoms with E-state index >= 15 is 0 Å². The van der Waals surface area contributed by atoms with E-state index in [0.29, 0.717) is 12.2 Å². The second-order valence-corrected chi connectivity index (χ2v) is 6.67. The fourth-order valence-corrected chi connectivity index (χ4v) is 2.80. The van der Waals surface area contributed by atoms with Crippen LogP contribution >= 0.6 is 0 Å². The monoisotopic (exact) mass is 413 g/mol. The van der Waals surface area contributed by atoms with E-state index in [1.165, 1.54) is 37.3 Å². The largest absolute Gasteiger partial charge is 0.449 e. The molecule has 0 saturated carbocycles. The Morgan fingerprint density at radius 1 is 1.13 bits per heavy atom. The van der Waals surface area contributed by atoms with Crippen LogP contribution in [-0.4, -0.2) is 49.3 Å². The van der Waals surface area contributed by atoms with Crippen LogP contribution in [0.3, 0.4) is 0 Å². The summed E-state index contributed by atoms with van der Waals surface area (Å²) in [5.41, 5.74) is 0.176. The van der Waals surface area contributed by atoms with Gasteiger partial charge in [-0.15, -0.1) is 0 Å². The molecule has 0 spiro atoms. The normalized spacial score (nSPS) is 11.3. The highest BCUT2D eigenvalue weighted by atomic mass is 16.6. The topological polar surface area (TPSA) is 119 Å². The number of rotatable bonds is 8. The number of carbonyl (C=O) groups is 3. The van der Waals surface area contributed by atoms with Crippen molar-refractivity contribution in [2.24, 2.45) is 0 Å². The molecule has 0 aliphatic carbocycles. The Bertz CT molecular complexity index is 986. The number of hydrogen-bond acceptors (Lipinski definition) is 7. The molecule has 0 radical (unpaired) electrons. The third-order valence-electron chi connectivity index (χ3n) is 4.31. The Hall–Kier alpha value is -3.75. The van der Waals surface area contributed by atoms with Crippen LogP contribution in [-0.2, 0) is 9.53 Å². The molecule has 1 N–H and O–H groups in total. The number of amides is 1. The van der Waals surface area contributed by atoms with Crippen LogP contribution in [0.5, 0.6) is 0 Å². The van der Waals surface area contributed by atoms with Crippen molar-refractivity contribution < 1.29 is 24.0 Å². The number of nitro groups is 1. The van der Waals surface area contributed by atoms with Crippen molar-refractivity contribution in [3.05, 3.63) is 69.3 Å². The van der Waals surface area contributed by atoms with Gasteiger partial charge in [-0.1, -0.05) is 18.2 Å². The predicted octanol–water partition coefficient (Wildman–Crippen LogP) is 2.57. The summed E-state index contributed by atoms with van der Waals surface area (Å²) in [6.45, 7) is 3.55. The molecule has 0 aliphatic rings. The second-order valence-electron chi connectivity index (χ2n) is 6.67. The summed E-state index contributed by atoms with van der Waals surface area (Å²) in [4.78, 5) is 49.8. The highest BCUT2D eigenvalue weighted by molar-refractivity contribution is 6.15. The first kappa shape index (κ1) is 22.5. The molecule has 0 aromatic heterocycles. The van der Waals surface area contributed by atoms with Crippen molar-refractivity contribution in [1.82, 2.24) is 5.32 Å². The van der Waals surface area contributed by atoms with Crippen LogP contribution in [0.15, 0.2) is 42.5 Å². The van der Waals surface area contributed by atoms with Crippen molar-refractivity contribution in [1.29, 1.82) is 0 Å². The van der Waals surface area contributed by atoms with Gasteiger partial charge in [0.05, 0.1) is 10.5 Å². The maximum absolute atomic E-state index is 13.0. The fourth-order valence-electron chi connectivity index (χ4n) is 2.80. The molecule has 158 valence electrons. The average molecular weight is 413 g/mol. The van der Waals surface area contributed by atoms with Gasteiger partial charge < -0.3 is 15.0 Å². The Balaban J connectivity index is 2.38. The molecular weight excluding hydrogens is 390 g/mol. The molecule has 0 unspecified atom stereocenters. The van der Waals surface area contributed by atoms with Crippen LogP contribution in [0.1, 0.15) is 40.1 Å². The first-order valence-corrected chi connectivity index (χ1v) is 9.25. The zero-order chi connectivity index (χ0) is 22.4. The molecule has 0 saturated heterocycles. The van der Waals surface area contributed by atoms with E-state index in [2.05, 4.69) is 5.32 Å². The van der Waals surface area contributed by atoms with E-state index in [-0.39, 0.29) is 22.4 Å². The number of carbonyl (C=O) groups excluding carboxylic acids is 3. The molecule has 1 amide bonds. The number of ketones is 1. The summed E-state index contributed by atoms with van der Waals surface area (Å²) in [5, 5.41) is 14.0. The van der Waals surface area contributed by atoms with Gasteiger partial charge in [-0.25, -0.2) is 4.79 Å². The van der Waals surface area contributed by atoms with Gasteiger partial charge in [0.1, 0.15) is 5.69 Å². The number of nitrogens with one attached hydrogen (secondary N) is 1. The summed E-state index contributed by atoms with van der Waals surface area (Å²) < 4.78 is 5.17. The lowest BCUT2D eigenvalue weighted by atomic mass is 9.97. The molecule has 0 bridgehead atoms. The number of likely N-dealkylation sites (N-methyl/N-ethyl adjacent to an activating group) is 1. The quantitative estimate of drug-likeness (QED) is 0.306. The molecule has 0 fully saturated rings. The highest BCUT2D eigenvalue weighted by Gasteiger charge is 2.25. The zero-order valence-corrected chi connectivity index (χ0v) is 17.2. The number of hydrogen-bond donors (Lipinski definition) is 1. The van der Waals surface area contributed by atoms with E-state index in [4.69, 9.17) is 4.74 Å². The molecule has 9 heteroatoms. The minimum absolute atomic E-state index is 0.0255. The van der Waals surface area contributed by atoms with E-state index in [0.717, 1.165) is 0 Å². The molecule has 1 atom stereocenters. The van der Waals surface area contributed by atoms with Crippen LogP contribution in [0, 0.1) is 10.1 Å². The molecule has 2 aromatic rings. The number of nitro benzene ring substituents is 1. The van der Waals surface area contributed by atoms with Gasteiger partial charge in [-0.05, 0) is 32.0 Å². The van der Waals surface area contributed by atoms with Gasteiger partial charge in [0.2, 0.25) is 0 Å². The van der Waals surface area contributed by atoms with Gasteiger partial charge in [0.25, 0.3) is 11.6 Å². The summed E-state index contributed by atoms with van der Waals surface area (Å²) in [5.74, 6) is -1.86. The average Bonchev–Trinajstić information content (AvgIpc) is 2.72. The van der Waals surface area contributed by atoms with Gasteiger partial charge >= 0.3 is 5.97 Å². The van der Waals surface area contributed by atoms with Gasteiger partial charge in [-0.3, -0.25) is 19.7 Å². The van der Waals surface area contributed by atoms with Crippen LogP contribution < -0.4 is 10.2 Å². The molecule has 0 heterocycles. The molecule has 0 aliphatic heterocycles. The van der Waals surface area contributed by atoms with E-state index in [9.17, 15) is 24.5 Å². The van der Waals surface area contributed by atoms with Gasteiger partial charge in [0, 0.05) is 37.8 Å². The summed E-state index contributed by atoms with van der Waals surface area (Å²) >= 11 is 0. The predicted molar refractivity (Wildman–Crippen MR) is 111 cm³/mol. The van der Waals surface area contributed by atoms with Gasteiger partial charge in [-0.2, -0.15) is 0 Å². The minimum atomic E-state index is -1.04. The maximum Gasteiger partial charge on any atom is 0.339 e. The molecular formula is C21H23N3O6. The Morgan fingerprint density at radius 3 is 2.33 bits per heavy atom. The number of benzene rings is 2. The number of ether oxygens (including phenoxy) is 1. The number of anilines is 1. The van der Waals surface area contributed by atoms with Crippen LogP contribution in [0.2, 0.25) is 0 Å². The third kappa shape index (κ3) is 4.99.